The zero-order chi connectivity index (χ0) is 35.3. The van der Waals surface area contributed by atoms with Gasteiger partial charge < -0.3 is 25.2 Å². The maximum absolute atomic E-state index is 13.7. The molecule has 48 heavy (non-hydrogen) atoms. The minimum absolute atomic E-state index is 0.0530. The number of benzene rings is 2. The third kappa shape index (κ3) is 12.0. The van der Waals surface area contributed by atoms with Gasteiger partial charge in [-0.25, -0.2) is 4.98 Å². The van der Waals surface area contributed by atoms with Crippen molar-refractivity contribution in [3.8, 4) is 0 Å². The Labute approximate surface area is 284 Å². The maximum atomic E-state index is 13.7. The van der Waals surface area contributed by atoms with E-state index in [-0.39, 0.29) is 26.1 Å². The fourth-order valence-corrected chi connectivity index (χ4v) is 6.48. The first-order valence-electron chi connectivity index (χ1n) is 15.0. The van der Waals surface area contributed by atoms with Gasteiger partial charge in [-0.1, -0.05) is 60.7 Å². The van der Waals surface area contributed by atoms with E-state index in [4.69, 9.17) is 13.7 Å². The molecule has 2 aromatic carbocycles. The highest BCUT2D eigenvalue weighted by Gasteiger charge is 2.40. The number of nitrogens with zero attached hydrogens (tertiary/aromatic N) is 1. The van der Waals surface area contributed by atoms with Gasteiger partial charge in [0.15, 0.2) is 11.6 Å². The van der Waals surface area contributed by atoms with Gasteiger partial charge in [0.25, 0.3) is 16.0 Å². The van der Waals surface area contributed by atoms with E-state index < -0.39 is 69.5 Å². The van der Waals surface area contributed by atoms with E-state index in [0.717, 1.165) is 18.3 Å². The van der Waals surface area contributed by atoms with E-state index in [0.29, 0.717) is 21.0 Å². The van der Waals surface area contributed by atoms with E-state index in [2.05, 4.69) is 15.6 Å². The number of aryl methyl sites for hydroxylation is 1. The third-order valence-corrected chi connectivity index (χ3v) is 9.29. The van der Waals surface area contributed by atoms with Crippen LogP contribution in [0.2, 0.25) is 0 Å². The number of carbonyl (C=O) groups is 4. The summed E-state index contributed by atoms with van der Waals surface area (Å²) in [6.45, 7) is 1.59. The number of Topliss-reactive ketones (excluding diaryl/α,β-unsaturated/α-hetero) is 2. The van der Waals surface area contributed by atoms with Crippen molar-refractivity contribution in [2.45, 2.75) is 50.1 Å². The molecule has 3 aromatic rings. The number of ketones is 2. The molecule has 0 unspecified atom stereocenters. The molecular weight excluding hydrogens is 663 g/mol. The van der Waals surface area contributed by atoms with Crippen LogP contribution >= 0.6 is 11.3 Å². The topological polar surface area (TPSA) is 187 Å². The molecule has 0 aliphatic rings. The van der Waals surface area contributed by atoms with Crippen LogP contribution in [0.1, 0.15) is 39.2 Å². The second-order valence-electron chi connectivity index (χ2n) is 11.4. The highest BCUT2D eigenvalue weighted by molar-refractivity contribution is 7.85. The molecule has 0 bridgehead atoms. The highest BCUT2D eigenvalue weighted by atomic mass is 32.2. The van der Waals surface area contributed by atoms with Crippen molar-refractivity contribution in [3.05, 3.63) is 87.9 Å². The van der Waals surface area contributed by atoms with Crippen LogP contribution in [0.5, 0.6) is 0 Å². The molecule has 1 heterocycles. The van der Waals surface area contributed by atoms with Crippen LogP contribution in [-0.4, -0.2) is 93.6 Å². The van der Waals surface area contributed by atoms with Crippen molar-refractivity contribution in [2.24, 2.45) is 5.92 Å². The lowest BCUT2D eigenvalue weighted by molar-refractivity contribution is -0.143. The SMILES string of the molecule is COC[C@H](CC(=O)[C@H](COC)NC(=O)c1cnc(C)s1)C(=O)N[C@@H](Cc1ccccc1)C(=O)[C@](C)(O)COS(=O)(=O)Cc1ccccc1. The van der Waals surface area contributed by atoms with E-state index in [1.807, 2.05) is 0 Å². The van der Waals surface area contributed by atoms with Crippen LogP contribution in [0.15, 0.2) is 66.9 Å². The van der Waals surface area contributed by atoms with Crippen molar-refractivity contribution in [1.29, 1.82) is 0 Å². The van der Waals surface area contributed by atoms with Crippen LogP contribution in [0.3, 0.4) is 0 Å². The molecule has 0 aliphatic carbocycles. The highest BCUT2D eigenvalue weighted by Crippen LogP contribution is 2.18. The van der Waals surface area contributed by atoms with Crippen LogP contribution in [0, 0.1) is 12.8 Å². The normalized spacial score (nSPS) is 14.7. The average molecular weight is 704 g/mol. The Morgan fingerprint density at radius 2 is 1.52 bits per heavy atom. The molecular formula is C33H41N3O10S2. The molecule has 0 saturated heterocycles. The number of rotatable bonds is 20. The predicted molar refractivity (Wildman–Crippen MR) is 178 cm³/mol. The number of ether oxygens (including phenoxy) is 2. The Balaban J connectivity index is 1.76. The lowest BCUT2D eigenvalue weighted by atomic mass is 9.90. The summed E-state index contributed by atoms with van der Waals surface area (Å²) >= 11 is 1.16. The molecule has 15 heteroatoms. The van der Waals surface area contributed by atoms with Crippen molar-refractivity contribution >= 4 is 44.8 Å². The summed E-state index contributed by atoms with van der Waals surface area (Å²) in [5, 5.41) is 17.1. The van der Waals surface area contributed by atoms with Crippen molar-refractivity contribution < 1.29 is 46.4 Å². The van der Waals surface area contributed by atoms with Gasteiger partial charge in [0, 0.05) is 20.6 Å². The van der Waals surface area contributed by atoms with Gasteiger partial charge in [0.05, 0.1) is 36.4 Å². The zero-order valence-electron chi connectivity index (χ0n) is 27.2. The molecule has 0 aliphatic heterocycles. The Kier molecular flexibility index (Phi) is 14.5. The number of hydrogen-bond acceptors (Lipinski definition) is 12. The van der Waals surface area contributed by atoms with Crippen molar-refractivity contribution in [3.63, 3.8) is 0 Å². The van der Waals surface area contributed by atoms with Crippen LogP contribution < -0.4 is 10.6 Å². The Hall–Kier alpha value is -3.86. The lowest BCUT2D eigenvalue weighted by Gasteiger charge is -2.29. The summed E-state index contributed by atoms with van der Waals surface area (Å²) in [6, 6.07) is 14.5. The lowest BCUT2D eigenvalue weighted by Crippen LogP contribution is -2.55. The maximum Gasteiger partial charge on any atom is 0.271 e. The Bertz CT molecular complexity index is 1630. The summed E-state index contributed by atoms with van der Waals surface area (Å²) in [6.07, 6.45) is 0.967. The van der Waals surface area contributed by atoms with Crippen molar-refractivity contribution in [2.75, 3.05) is 34.0 Å². The van der Waals surface area contributed by atoms with E-state index in [1.165, 1.54) is 20.4 Å². The van der Waals surface area contributed by atoms with Crippen LogP contribution in [-0.2, 0) is 50.3 Å². The molecule has 0 spiro atoms. The van der Waals surface area contributed by atoms with Gasteiger partial charge in [-0.05, 0) is 31.4 Å². The van der Waals surface area contributed by atoms with Crippen LogP contribution in [0.25, 0.3) is 0 Å². The zero-order valence-corrected chi connectivity index (χ0v) is 28.8. The first kappa shape index (κ1) is 38.6. The number of amides is 2. The monoisotopic (exact) mass is 703 g/mol. The number of methoxy groups -OCH3 is 2. The summed E-state index contributed by atoms with van der Waals surface area (Å²) in [7, 11) is -1.47. The molecule has 0 fully saturated rings. The number of hydrogen-bond donors (Lipinski definition) is 3. The minimum atomic E-state index is -4.18. The average Bonchev–Trinajstić information content (AvgIpc) is 3.50. The van der Waals surface area contributed by atoms with E-state index in [9.17, 15) is 32.7 Å². The summed E-state index contributed by atoms with van der Waals surface area (Å²) in [5.74, 6) is -4.23. The Morgan fingerprint density at radius 1 is 0.917 bits per heavy atom. The Morgan fingerprint density at radius 3 is 2.08 bits per heavy atom. The fraction of sp³-hybridized carbons (Fsp3) is 0.424. The van der Waals surface area contributed by atoms with E-state index >= 15 is 0 Å². The van der Waals surface area contributed by atoms with E-state index in [1.54, 1.807) is 67.6 Å². The molecule has 3 rings (SSSR count). The predicted octanol–water partition coefficient (Wildman–Crippen LogP) is 2.01. The van der Waals surface area contributed by atoms with Gasteiger partial charge >= 0.3 is 0 Å². The molecule has 13 nitrogen and oxygen atoms in total. The molecule has 3 N–H and O–H groups in total. The second kappa shape index (κ2) is 18.1. The number of thiazole rings is 1. The van der Waals surface area contributed by atoms with Crippen LogP contribution in [0.4, 0.5) is 0 Å². The molecule has 1 aromatic heterocycles. The van der Waals surface area contributed by atoms with Gasteiger partial charge in [-0.15, -0.1) is 11.3 Å². The summed E-state index contributed by atoms with van der Waals surface area (Å²) in [4.78, 5) is 57.8. The van der Waals surface area contributed by atoms with Gasteiger partial charge in [0.1, 0.15) is 28.9 Å². The number of carbonyl (C=O) groups excluding carboxylic acids is 4. The molecule has 0 radical (unpaired) electrons. The fourth-order valence-electron chi connectivity index (χ4n) is 4.71. The molecule has 4 atom stereocenters. The smallest absolute Gasteiger partial charge is 0.271 e. The number of aliphatic hydroxyl groups is 1. The second-order valence-corrected chi connectivity index (χ2v) is 14.3. The van der Waals surface area contributed by atoms with Crippen molar-refractivity contribution in [1.82, 2.24) is 15.6 Å². The molecule has 0 saturated carbocycles. The summed E-state index contributed by atoms with van der Waals surface area (Å²) in [5.41, 5.74) is -1.22. The standard InChI is InChI=1S/C33H41N3O10S2/c1-22-34-17-29(47-22)32(40)36-27(19-45-4)28(37)16-25(18-44-3)31(39)35-26(15-23-11-7-5-8-12-23)30(38)33(2,41)21-46-48(42,43)20-24-13-9-6-10-14-24/h5-14,17,25-27,41H,15-16,18-21H2,1-4H3,(H,35,39)(H,36,40)/t25-,26-,27-,33+/m0/s1. The quantitative estimate of drug-likeness (QED) is 0.146. The molecule has 2 amide bonds. The molecule has 260 valence electrons. The number of aromatic nitrogens is 1. The van der Waals surface area contributed by atoms with Gasteiger partial charge in [0.2, 0.25) is 5.91 Å². The minimum Gasteiger partial charge on any atom is -0.384 e. The van der Waals surface area contributed by atoms with Gasteiger partial charge in [-0.3, -0.25) is 23.4 Å². The number of nitrogens with one attached hydrogen (secondary N) is 2. The van der Waals surface area contributed by atoms with Gasteiger partial charge in [-0.2, -0.15) is 8.42 Å². The first-order valence-corrected chi connectivity index (χ1v) is 17.4. The first-order chi connectivity index (χ1) is 22.7. The largest absolute Gasteiger partial charge is 0.384 e. The summed E-state index contributed by atoms with van der Waals surface area (Å²) < 4.78 is 40.7. The third-order valence-electron chi connectivity index (χ3n) is 7.21.